The lowest BCUT2D eigenvalue weighted by molar-refractivity contribution is 0.152. The van der Waals surface area contributed by atoms with Gasteiger partial charge < -0.3 is 15.3 Å². The molecular formula is C13H22F2N4O. The maximum absolute atomic E-state index is 12.7. The van der Waals surface area contributed by atoms with Gasteiger partial charge in [-0.2, -0.15) is 0 Å². The summed E-state index contributed by atoms with van der Waals surface area (Å²) in [6.07, 6.45) is -0.923. The number of aryl methyl sites for hydroxylation is 1. The summed E-state index contributed by atoms with van der Waals surface area (Å²) in [5.41, 5.74) is 0.710. The molecule has 114 valence electrons. The summed E-state index contributed by atoms with van der Waals surface area (Å²) in [6, 6.07) is 0. The van der Waals surface area contributed by atoms with E-state index in [2.05, 4.69) is 15.3 Å². The van der Waals surface area contributed by atoms with Crippen LogP contribution in [0.3, 0.4) is 0 Å². The number of hydrogen-bond donors (Lipinski definition) is 2. The number of anilines is 2. The van der Waals surface area contributed by atoms with Crippen molar-refractivity contribution in [2.24, 2.45) is 0 Å². The Morgan fingerprint density at radius 2 is 2.05 bits per heavy atom. The molecule has 0 fully saturated rings. The minimum atomic E-state index is -2.48. The fourth-order valence-electron chi connectivity index (χ4n) is 2.01. The van der Waals surface area contributed by atoms with Gasteiger partial charge in [0.2, 0.25) is 0 Å². The first-order chi connectivity index (χ1) is 9.53. The van der Waals surface area contributed by atoms with Gasteiger partial charge in [-0.05, 0) is 13.3 Å². The first kappa shape index (κ1) is 16.6. The van der Waals surface area contributed by atoms with Crippen molar-refractivity contribution in [2.75, 3.05) is 37.0 Å². The second-order valence-corrected chi connectivity index (χ2v) is 4.50. The van der Waals surface area contributed by atoms with E-state index in [0.29, 0.717) is 29.4 Å². The average Bonchev–Trinajstić information content (AvgIpc) is 2.40. The van der Waals surface area contributed by atoms with Crippen molar-refractivity contribution in [3.8, 4) is 0 Å². The molecule has 0 saturated carbocycles. The smallest absolute Gasteiger partial charge is 0.255 e. The number of alkyl halides is 2. The molecule has 0 spiro atoms. The van der Waals surface area contributed by atoms with Gasteiger partial charge in [0.1, 0.15) is 17.5 Å². The summed E-state index contributed by atoms with van der Waals surface area (Å²) in [4.78, 5) is 10.1. The van der Waals surface area contributed by atoms with E-state index in [9.17, 15) is 8.78 Å². The standard InChI is InChI=1S/C13H22F2N4O/c1-4-5-11-17-12(16-3)9(2)13(18-11)19(6-7-20)8-10(14)15/h10,20H,4-8H2,1-3H3,(H,16,17,18). The number of nitrogens with zero attached hydrogens (tertiary/aromatic N) is 3. The van der Waals surface area contributed by atoms with Gasteiger partial charge >= 0.3 is 0 Å². The third-order valence-corrected chi connectivity index (χ3v) is 2.90. The van der Waals surface area contributed by atoms with Crippen LogP contribution in [0.25, 0.3) is 0 Å². The van der Waals surface area contributed by atoms with Gasteiger partial charge in [-0.15, -0.1) is 0 Å². The fourth-order valence-corrected chi connectivity index (χ4v) is 2.01. The predicted molar refractivity (Wildman–Crippen MR) is 75.6 cm³/mol. The lowest BCUT2D eigenvalue weighted by Gasteiger charge is -2.25. The van der Waals surface area contributed by atoms with E-state index >= 15 is 0 Å². The van der Waals surface area contributed by atoms with E-state index in [1.54, 1.807) is 14.0 Å². The van der Waals surface area contributed by atoms with Crippen molar-refractivity contribution >= 4 is 11.6 Å². The minimum absolute atomic E-state index is 0.122. The highest BCUT2D eigenvalue weighted by Crippen LogP contribution is 2.24. The van der Waals surface area contributed by atoms with Crippen LogP contribution >= 0.6 is 0 Å². The second kappa shape index (κ2) is 7.94. The quantitative estimate of drug-likeness (QED) is 0.764. The van der Waals surface area contributed by atoms with Crippen LogP contribution in [0.15, 0.2) is 0 Å². The largest absolute Gasteiger partial charge is 0.395 e. The summed E-state index contributed by atoms with van der Waals surface area (Å²) in [5, 5.41) is 12.0. The first-order valence-electron chi connectivity index (χ1n) is 6.72. The lowest BCUT2D eigenvalue weighted by atomic mass is 10.2. The van der Waals surface area contributed by atoms with Crippen LogP contribution < -0.4 is 10.2 Å². The Balaban J connectivity index is 3.19. The van der Waals surface area contributed by atoms with E-state index in [1.807, 2.05) is 6.92 Å². The summed E-state index contributed by atoms with van der Waals surface area (Å²) in [6.45, 7) is 3.26. The normalized spacial score (nSPS) is 10.9. The molecule has 0 atom stereocenters. The molecule has 1 aromatic rings. The molecule has 1 heterocycles. The van der Waals surface area contributed by atoms with Crippen LogP contribution in [-0.2, 0) is 6.42 Å². The predicted octanol–water partition coefficient (Wildman–Crippen LogP) is 1.84. The van der Waals surface area contributed by atoms with Crippen molar-refractivity contribution < 1.29 is 13.9 Å². The van der Waals surface area contributed by atoms with Crippen LogP contribution in [0.2, 0.25) is 0 Å². The number of aromatic nitrogens is 2. The molecule has 0 unspecified atom stereocenters. The SMILES string of the molecule is CCCc1nc(NC)c(C)c(N(CCO)CC(F)F)n1. The Morgan fingerprint density at radius 3 is 2.55 bits per heavy atom. The molecule has 0 aromatic carbocycles. The zero-order valence-corrected chi connectivity index (χ0v) is 12.2. The second-order valence-electron chi connectivity index (χ2n) is 4.50. The molecule has 0 amide bonds. The Kier molecular flexibility index (Phi) is 6.57. The molecule has 20 heavy (non-hydrogen) atoms. The maximum atomic E-state index is 12.7. The Morgan fingerprint density at radius 1 is 1.35 bits per heavy atom. The molecule has 0 radical (unpaired) electrons. The highest BCUT2D eigenvalue weighted by molar-refractivity contribution is 5.58. The van der Waals surface area contributed by atoms with E-state index in [0.717, 1.165) is 6.42 Å². The molecule has 2 N–H and O–H groups in total. The molecule has 5 nitrogen and oxygen atoms in total. The molecule has 0 saturated heterocycles. The van der Waals surface area contributed by atoms with Crippen LogP contribution in [0.5, 0.6) is 0 Å². The van der Waals surface area contributed by atoms with Crippen molar-refractivity contribution in [3.05, 3.63) is 11.4 Å². The third-order valence-electron chi connectivity index (χ3n) is 2.90. The monoisotopic (exact) mass is 288 g/mol. The van der Waals surface area contributed by atoms with Crippen LogP contribution in [0.4, 0.5) is 20.4 Å². The number of aliphatic hydroxyl groups is 1. The number of aliphatic hydroxyl groups excluding tert-OH is 1. The highest BCUT2D eigenvalue weighted by Gasteiger charge is 2.19. The lowest BCUT2D eigenvalue weighted by Crippen LogP contribution is -2.33. The summed E-state index contributed by atoms with van der Waals surface area (Å²) >= 11 is 0. The van der Waals surface area contributed by atoms with Crippen LogP contribution in [0.1, 0.15) is 24.7 Å². The molecule has 0 aliphatic heterocycles. The fraction of sp³-hybridized carbons (Fsp3) is 0.692. The van der Waals surface area contributed by atoms with Gasteiger partial charge in [0.15, 0.2) is 0 Å². The number of rotatable bonds is 8. The van der Waals surface area contributed by atoms with Crippen molar-refractivity contribution in [2.45, 2.75) is 33.1 Å². The number of hydrogen-bond acceptors (Lipinski definition) is 5. The van der Waals surface area contributed by atoms with E-state index in [4.69, 9.17) is 5.11 Å². The van der Waals surface area contributed by atoms with E-state index in [1.165, 1.54) is 4.90 Å². The van der Waals surface area contributed by atoms with Gasteiger partial charge in [-0.1, -0.05) is 6.92 Å². The van der Waals surface area contributed by atoms with Crippen molar-refractivity contribution in [1.29, 1.82) is 0 Å². The van der Waals surface area contributed by atoms with Gasteiger partial charge in [0.05, 0.1) is 13.2 Å². The zero-order valence-electron chi connectivity index (χ0n) is 12.2. The molecule has 1 rings (SSSR count). The molecule has 0 aliphatic carbocycles. The highest BCUT2D eigenvalue weighted by atomic mass is 19.3. The topological polar surface area (TPSA) is 61.3 Å². The summed E-state index contributed by atoms with van der Waals surface area (Å²) < 4.78 is 25.3. The average molecular weight is 288 g/mol. The molecular weight excluding hydrogens is 266 g/mol. The van der Waals surface area contributed by atoms with E-state index in [-0.39, 0.29) is 13.2 Å². The summed E-state index contributed by atoms with van der Waals surface area (Å²) in [7, 11) is 1.73. The summed E-state index contributed by atoms with van der Waals surface area (Å²) in [5.74, 6) is 1.72. The van der Waals surface area contributed by atoms with Crippen molar-refractivity contribution in [1.82, 2.24) is 9.97 Å². The Labute approximate surface area is 118 Å². The molecule has 0 bridgehead atoms. The van der Waals surface area contributed by atoms with Crippen LogP contribution in [-0.4, -0.2) is 48.2 Å². The maximum Gasteiger partial charge on any atom is 0.255 e. The van der Waals surface area contributed by atoms with E-state index < -0.39 is 13.0 Å². The number of nitrogens with one attached hydrogen (secondary N) is 1. The Hall–Kier alpha value is -1.50. The van der Waals surface area contributed by atoms with Crippen LogP contribution in [0, 0.1) is 6.92 Å². The number of halogens is 2. The van der Waals surface area contributed by atoms with Gasteiger partial charge in [-0.3, -0.25) is 0 Å². The zero-order chi connectivity index (χ0) is 15.1. The molecule has 1 aromatic heterocycles. The minimum Gasteiger partial charge on any atom is -0.395 e. The Bertz CT molecular complexity index is 429. The third kappa shape index (κ3) is 4.26. The molecule has 7 heteroatoms. The first-order valence-corrected chi connectivity index (χ1v) is 6.72. The van der Waals surface area contributed by atoms with Gasteiger partial charge in [0.25, 0.3) is 6.43 Å². The van der Waals surface area contributed by atoms with Gasteiger partial charge in [0, 0.05) is 25.6 Å². The van der Waals surface area contributed by atoms with Crippen molar-refractivity contribution in [3.63, 3.8) is 0 Å². The van der Waals surface area contributed by atoms with Gasteiger partial charge in [-0.25, -0.2) is 18.7 Å². The molecule has 0 aliphatic rings.